The molecule has 5 nitrogen and oxygen atoms in total. The van der Waals surface area contributed by atoms with Gasteiger partial charge in [0.25, 0.3) is 5.91 Å². The molecule has 7 heteroatoms. The maximum absolute atomic E-state index is 13.7. The van der Waals surface area contributed by atoms with Crippen molar-refractivity contribution in [2.24, 2.45) is 0 Å². The predicted octanol–water partition coefficient (Wildman–Crippen LogP) is 6.16. The molecule has 2 aromatic carbocycles. The Kier molecular flexibility index (Phi) is 7.53. The lowest BCUT2D eigenvalue weighted by molar-refractivity contribution is -0.136. The first kappa shape index (κ1) is 25.3. The number of amides is 2. The van der Waals surface area contributed by atoms with Crippen LogP contribution in [0.15, 0.2) is 60.0 Å². The number of carbonyl (C=O) groups is 2. The maximum atomic E-state index is 13.7. The monoisotopic (exact) mass is 510 g/mol. The summed E-state index contributed by atoms with van der Waals surface area (Å²) in [5.41, 5.74) is 2.12. The standard InChI is InChI=1S/C28H31ClN2O3S/c1-19-16-21(10-11-23(19)29)34-18-24-22-13-15-35-25(22)12-14-30(24)26(32)17-31(28(2,3)4)27(33)20-8-6-5-7-9-20/h5-11,13,15-16,24H,12,14,17-18H2,1-4H3/t24-/m1/s1. The number of ether oxygens (including phenoxy) is 1. The topological polar surface area (TPSA) is 49.9 Å². The molecule has 1 atom stereocenters. The molecule has 0 radical (unpaired) electrons. The van der Waals surface area contributed by atoms with Gasteiger partial charge in [-0.1, -0.05) is 29.8 Å². The van der Waals surface area contributed by atoms with Crippen LogP contribution < -0.4 is 4.74 Å². The molecule has 1 aliphatic heterocycles. The molecular formula is C28H31ClN2O3S. The Labute approximate surface area is 216 Å². The van der Waals surface area contributed by atoms with Gasteiger partial charge in [-0.2, -0.15) is 0 Å². The third-order valence-electron chi connectivity index (χ3n) is 6.32. The number of hydrogen-bond acceptors (Lipinski definition) is 4. The van der Waals surface area contributed by atoms with Crippen molar-refractivity contribution in [3.05, 3.63) is 86.6 Å². The van der Waals surface area contributed by atoms with Gasteiger partial charge < -0.3 is 14.5 Å². The van der Waals surface area contributed by atoms with Crippen molar-refractivity contribution in [1.82, 2.24) is 9.80 Å². The lowest BCUT2D eigenvalue weighted by atomic mass is 9.99. The van der Waals surface area contributed by atoms with Crippen LogP contribution in [-0.2, 0) is 11.2 Å². The second kappa shape index (κ2) is 10.4. The smallest absolute Gasteiger partial charge is 0.254 e. The van der Waals surface area contributed by atoms with E-state index in [0.29, 0.717) is 23.7 Å². The highest BCUT2D eigenvalue weighted by atomic mass is 35.5. The first-order valence-corrected chi connectivity index (χ1v) is 13.0. The Bertz CT molecular complexity index is 1200. The molecule has 0 spiro atoms. The zero-order chi connectivity index (χ0) is 25.2. The maximum Gasteiger partial charge on any atom is 0.254 e. The molecule has 2 heterocycles. The number of thiophene rings is 1. The highest BCUT2D eigenvalue weighted by Crippen LogP contribution is 2.34. The van der Waals surface area contributed by atoms with Crippen LogP contribution in [-0.4, -0.2) is 46.8 Å². The molecular weight excluding hydrogens is 480 g/mol. The summed E-state index contributed by atoms with van der Waals surface area (Å²) in [5, 5.41) is 2.76. The molecule has 0 bridgehead atoms. The number of aryl methyl sites for hydroxylation is 1. The lowest BCUT2D eigenvalue weighted by Gasteiger charge is -2.40. The van der Waals surface area contributed by atoms with Crippen molar-refractivity contribution in [3.63, 3.8) is 0 Å². The summed E-state index contributed by atoms with van der Waals surface area (Å²) in [6.07, 6.45) is 0.803. The second-order valence-electron chi connectivity index (χ2n) is 9.80. The van der Waals surface area contributed by atoms with Crippen LogP contribution >= 0.6 is 22.9 Å². The molecule has 0 fully saturated rings. The van der Waals surface area contributed by atoms with E-state index in [9.17, 15) is 9.59 Å². The molecule has 1 aromatic heterocycles. The average Bonchev–Trinajstić information content (AvgIpc) is 3.31. The van der Waals surface area contributed by atoms with Gasteiger partial charge in [0.05, 0.1) is 6.04 Å². The van der Waals surface area contributed by atoms with Crippen LogP contribution in [0.5, 0.6) is 5.75 Å². The van der Waals surface area contributed by atoms with Crippen molar-refractivity contribution < 1.29 is 14.3 Å². The van der Waals surface area contributed by atoms with Gasteiger partial charge in [-0.05, 0) is 87.0 Å². The molecule has 184 valence electrons. The van der Waals surface area contributed by atoms with Gasteiger partial charge in [0, 0.05) is 27.5 Å². The largest absolute Gasteiger partial charge is 0.491 e. The number of halogens is 1. The Morgan fingerprint density at radius 1 is 1.14 bits per heavy atom. The summed E-state index contributed by atoms with van der Waals surface area (Å²) in [4.78, 5) is 31.9. The fourth-order valence-corrected chi connectivity index (χ4v) is 5.38. The predicted molar refractivity (Wildman–Crippen MR) is 141 cm³/mol. The fourth-order valence-electron chi connectivity index (χ4n) is 4.33. The molecule has 1 aliphatic rings. The quantitative estimate of drug-likeness (QED) is 0.399. The van der Waals surface area contributed by atoms with Crippen molar-refractivity contribution >= 4 is 34.8 Å². The molecule has 0 unspecified atom stereocenters. The van der Waals surface area contributed by atoms with E-state index in [1.165, 1.54) is 4.88 Å². The van der Waals surface area contributed by atoms with Gasteiger partial charge in [-0.3, -0.25) is 9.59 Å². The SMILES string of the molecule is Cc1cc(OC[C@@H]2c3ccsc3CCN2C(=O)CN(C(=O)c2ccccc2)C(C)(C)C)ccc1Cl. The molecule has 0 aliphatic carbocycles. The van der Waals surface area contributed by atoms with Crippen LogP contribution in [0, 0.1) is 6.92 Å². The number of hydrogen-bond donors (Lipinski definition) is 0. The summed E-state index contributed by atoms with van der Waals surface area (Å²) in [6, 6.07) is 16.6. The zero-order valence-corrected chi connectivity index (χ0v) is 22.2. The van der Waals surface area contributed by atoms with Gasteiger partial charge >= 0.3 is 0 Å². The van der Waals surface area contributed by atoms with E-state index in [0.717, 1.165) is 23.3 Å². The van der Waals surface area contributed by atoms with E-state index < -0.39 is 5.54 Å². The van der Waals surface area contributed by atoms with Crippen LogP contribution in [0.4, 0.5) is 0 Å². The van der Waals surface area contributed by atoms with Crippen LogP contribution in [0.3, 0.4) is 0 Å². The van der Waals surface area contributed by atoms with Gasteiger partial charge in [0.15, 0.2) is 0 Å². The van der Waals surface area contributed by atoms with E-state index in [1.54, 1.807) is 28.4 Å². The van der Waals surface area contributed by atoms with Crippen molar-refractivity contribution in [2.45, 2.75) is 45.7 Å². The van der Waals surface area contributed by atoms with E-state index in [4.69, 9.17) is 16.3 Å². The number of fused-ring (bicyclic) bond motifs is 1. The highest BCUT2D eigenvalue weighted by molar-refractivity contribution is 7.10. The zero-order valence-electron chi connectivity index (χ0n) is 20.6. The Morgan fingerprint density at radius 2 is 1.89 bits per heavy atom. The summed E-state index contributed by atoms with van der Waals surface area (Å²) in [7, 11) is 0. The second-order valence-corrected chi connectivity index (χ2v) is 11.2. The van der Waals surface area contributed by atoms with Crippen LogP contribution in [0.1, 0.15) is 53.2 Å². The van der Waals surface area contributed by atoms with Crippen molar-refractivity contribution in [2.75, 3.05) is 19.7 Å². The summed E-state index contributed by atoms with van der Waals surface area (Å²) >= 11 is 7.88. The number of rotatable bonds is 6. The molecule has 4 rings (SSSR count). The highest BCUT2D eigenvalue weighted by Gasteiger charge is 2.36. The lowest BCUT2D eigenvalue weighted by Crippen LogP contribution is -2.53. The first-order valence-electron chi connectivity index (χ1n) is 11.8. The Morgan fingerprint density at radius 3 is 2.57 bits per heavy atom. The molecule has 2 amide bonds. The molecule has 35 heavy (non-hydrogen) atoms. The summed E-state index contributed by atoms with van der Waals surface area (Å²) < 4.78 is 6.15. The van der Waals surface area contributed by atoms with E-state index in [-0.39, 0.29) is 24.4 Å². The van der Waals surface area contributed by atoms with E-state index >= 15 is 0 Å². The Hall–Kier alpha value is -2.83. The minimum absolute atomic E-state index is 0.00719. The minimum Gasteiger partial charge on any atom is -0.491 e. The van der Waals surface area contributed by atoms with Gasteiger partial charge in [0.1, 0.15) is 18.9 Å². The molecule has 3 aromatic rings. The van der Waals surface area contributed by atoms with Gasteiger partial charge in [0.2, 0.25) is 5.91 Å². The third-order valence-corrected chi connectivity index (χ3v) is 7.74. The van der Waals surface area contributed by atoms with Crippen molar-refractivity contribution in [3.8, 4) is 5.75 Å². The van der Waals surface area contributed by atoms with Crippen LogP contribution in [0.2, 0.25) is 5.02 Å². The summed E-state index contributed by atoms with van der Waals surface area (Å²) in [5.74, 6) is 0.489. The fraction of sp³-hybridized carbons (Fsp3) is 0.357. The molecule has 0 saturated heterocycles. The van der Waals surface area contributed by atoms with Crippen LogP contribution in [0.25, 0.3) is 0 Å². The van der Waals surface area contributed by atoms with Crippen molar-refractivity contribution in [1.29, 1.82) is 0 Å². The minimum atomic E-state index is -0.515. The summed E-state index contributed by atoms with van der Waals surface area (Å²) in [6.45, 7) is 8.74. The normalized spacial score (nSPS) is 15.5. The molecule has 0 saturated carbocycles. The Balaban J connectivity index is 1.56. The number of carbonyl (C=O) groups excluding carboxylic acids is 2. The third kappa shape index (κ3) is 5.71. The van der Waals surface area contributed by atoms with E-state index in [2.05, 4.69) is 11.4 Å². The molecule has 0 N–H and O–H groups in total. The van der Waals surface area contributed by atoms with Gasteiger partial charge in [-0.15, -0.1) is 11.3 Å². The number of nitrogens with zero attached hydrogens (tertiary/aromatic N) is 2. The van der Waals surface area contributed by atoms with E-state index in [1.807, 2.05) is 69.0 Å². The average molecular weight is 511 g/mol. The van der Waals surface area contributed by atoms with Gasteiger partial charge in [-0.25, -0.2) is 0 Å². The number of benzene rings is 2. The first-order chi connectivity index (χ1) is 16.6.